The number of hydrogen-bond acceptors (Lipinski definition) is 8. The molecule has 1 amide bonds. The average molecular weight is 1140 g/mol. The number of aliphatic hydroxyl groups is 1. The summed E-state index contributed by atoms with van der Waals surface area (Å²) in [6, 6.07) is 0. The highest BCUT2D eigenvalue weighted by atomic mass is 16.5. The number of hydrogen-bond donors (Lipinski definition) is 2. The second-order valence-corrected chi connectivity index (χ2v) is 25.7. The van der Waals surface area contributed by atoms with E-state index in [2.05, 4.69) is 76.6 Å². The molecule has 9 heteroatoms. The summed E-state index contributed by atoms with van der Waals surface area (Å²) in [6.07, 6.45) is 54.6. The van der Waals surface area contributed by atoms with Crippen molar-refractivity contribution in [3.8, 4) is 0 Å². The van der Waals surface area contributed by atoms with Crippen molar-refractivity contribution in [2.75, 3.05) is 65.6 Å². The molecule has 0 rings (SSSR count). The standard InChI is InChI=1S/C72H141N3O6/c1-9-15-21-27-30-37-46-66(44-34-24-18-12-4)60-71(78)80-63-69(64-81-72(79)61-67(45-35-25-19-13-5)47-38-31-28-22-16-10-2)50-41-43-54-74(55-52-65(7)8)56-57-75(58-59-76)53-42-33-40-51-70(77)73-62-68(48-36-26-20-14-6)49-39-32-29-23-17-11-3/h52,66-69,76H,9-51,53-64H2,1-8H3,(H,73,77). The van der Waals surface area contributed by atoms with E-state index in [1.807, 2.05) is 0 Å². The smallest absolute Gasteiger partial charge is 0.306 e. The molecular formula is C72H141N3O6. The Balaban J connectivity index is 5.64. The molecule has 0 aliphatic rings. The van der Waals surface area contributed by atoms with Gasteiger partial charge >= 0.3 is 11.9 Å². The molecule has 0 spiro atoms. The molecule has 2 N–H and O–H groups in total. The third-order valence-corrected chi connectivity index (χ3v) is 17.4. The normalized spacial score (nSPS) is 13.2. The molecule has 0 aliphatic heterocycles. The Kier molecular flexibility index (Phi) is 59.6. The predicted molar refractivity (Wildman–Crippen MR) is 350 cm³/mol. The Bertz CT molecular complexity index is 1340. The molecule has 0 aromatic carbocycles. The molecule has 3 atom stereocenters. The molecule has 81 heavy (non-hydrogen) atoms. The average Bonchev–Trinajstić information content (AvgIpc) is 3.45. The van der Waals surface area contributed by atoms with E-state index in [1.54, 1.807) is 0 Å². The van der Waals surface area contributed by atoms with E-state index in [0.717, 1.165) is 103 Å². The lowest BCUT2D eigenvalue weighted by molar-refractivity contribution is -0.150. The second-order valence-electron chi connectivity index (χ2n) is 25.7. The largest absolute Gasteiger partial charge is 0.465 e. The van der Waals surface area contributed by atoms with Gasteiger partial charge in [-0.3, -0.25) is 24.2 Å². The van der Waals surface area contributed by atoms with Crippen LogP contribution in [0.2, 0.25) is 0 Å². The molecule has 0 radical (unpaired) electrons. The molecule has 480 valence electrons. The van der Waals surface area contributed by atoms with Crippen molar-refractivity contribution < 1.29 is 29.0 Å². The van der Waals surface area contributed by atoms with Crippen LogP contribution in [0.25, 0.3) is 0 Å². The molecule has 0 aliphatic carbocycles. The van der Waals surface area contributed by atoms with Gasteiger partial charge in [-0.15, -0.1) is 0 Å². The van der Waals surface area contributed by atoms with E-state index >= 15 is 0 Å². The monoisotopic (exact) mass is 1140 g/mol. The highest BCUT2D eigenvalue weighted by Crippen LogP contribution is 2.26. The predicted octanol–water partition coefficient (Wildman–Crippen LogP) is 19.9. The Labute approximate surface area is 505 Å². The van der Waals surface area contributed by atoms with Crippen molar-refractivity contribution in [3.63, 3.8) is 0 Å². The summed E-state index contributed by atoms with van der Waals surface area (Å²) in [4.78, 5) is 45.2. The van der Waals surface area contributed by atoms with Gasteiger partial charge in [0, 0.05) is 57.9 Å². The summed E-state index contributed by atoms with van der Waals surface area (Å²) in [6.45, 7) is 24.8. The number of nitrogens with zero attached hydrogens (tertiary/aromatic N) is 2. The molecule has 0 saturated carbocycles. The number of rotatable bonds is 64. The van der Waals surface area contributed by atoms with Crippen LogP contribution in [0.4, 0.5) is 0 Å². The van der Waals surface area contributed by atoms with Gasteiger partial charge < -0.3 is 19.9 Å². The van der Waals surface area contributed by atoms with Gasteiger partial charge in [-0.05, 0) is 109 Å². The van der Waals surface area contributed by atoms with Crippen molar-refractivity contribution in [2.45, 2.75) is 344 Å². The Morgan fingerprint density at radius 2 is 0.728 bits per heavy atom. The second kappa shape index (κ2) is 61.1. The lowest BCUT2D eigenvalue weighted by Crippen LogP contribution is -2.37. The van der Waals surface area contributed by atoms with Crippen LogP contribution in [-0.2, 0) is 23.9 Å². The fourth-order valence-corrected chi connectivity index (χ4v) is 11.8. The maximum Gasteiger partial charge on any atom is 0.306 e. The summed E-state index contributed by atoms with van der Waals surface area (Å²) in [7, 11) is 0. The summed E-state index contributed by atoms with van der Waals surface area (Å²) < 4.78 is 12.3. The van der Waals surface area contributed by atoms with Gasteiger partial charge in [0.15, 0.2) is 0 Å². The summed E-state index contributed by atoms with van der Waals surface area (Å²) in [5.41, 5.74) is 1.31. The van der Waals surface area contributed by atoms with Crippen molar-refractivity contribution in [3.05, 3.63) is 11.6 Å². The van der Waals surface area contributed by atoms with Crippen LogP contribution in [0.3, 0.4) is 0 Å². The quantitative estimate of drug-likeness (QED) is 0.0352. The number of nitrogens with one attached hydrogen (secondary N) is 1. The van der Waals surface area contributed by atoms with Crippen LogP contribution in [0.1, 0.15) is 344 Å². The number of amides is 1. The van der Waals surface area contributed by atoms with E-state index in [0.29, 0.717) is 56.8 Å². The minimum atomic E-state index is -0.0828. The third kappa shape index (κ3) is 54.4. The number of aliphatic hydroxyl groups excluding tert-OH is 1. The van der Waals surface area contributed by atoms with Crippen molar-refractivity contribution >= 4 is 17.8 Å². The zero-order valence-electron chi connectivity index (χ0n) is 55.7. The van der Waals surface area contributed by atoms with E-state index in [-0.39, 0.29) is 30.4 Å². The van der Waals surface area contributed by atoms with Crippen molar-refractivity contribution in [1.29, 1.82) is 0 Å². The SMILES string of the molecule is CCCCCCCCC(CCCCCC)CNC(=O)CCCCCN(CCO)CCN(CC=C(C)C)CCCCC(COC(=O)CC(CCCCCC)CCCCCCCC)COC(=O)CC(CCCCCC)CCCCCCCC. The molecule has 3 unspecified atom stereocenters. The molecule has 0 aromatic rings. The highest BCUT2D eigenvalue weighted by molar-refractivity contribution is 5.75. The minimum Gasteiger partial charge on any atom is -0.465 e. The summed E-state index contributed by atoms with van der Waals surface area (Å²) in [5.74, 6) is 1.38. The number of carbonyl (C=O) groups is 3. The summed E-state index contributed by atoms with van der Waals surface area (Å²) >= 11 is 0. The first kappa shape index (κ1) is 79.0. The number of unbranched alkanes of at least 4 members (excludes halogenated alkanes) is 27. The summed E-state index contributed by atoms with van der Waals surface area (Å²) in [5, 5.41) is 13.4. The van der Waals surface area contributed by atoms with Gasteiger partial charge in [0.2, 0.25) is 5.91 Å². The van der Waals surface area contributed by atoms with Gasteiger partial charge in [-0.2, -0.15) is 0 Å². The van der Waals surface area contributed by atoms with Crippen LogP contribution in [0.5, 0.6) is 0 Å². The Morgan fingerprint density at radius 1 is 0.395 bits per heavy atom. The third-order valence-electron chi connectivity index (χ3n) is 17.4. The van der Waals surface area contributed by atoms with E-state index in [4.69, 9.17) is 9.47 Å². The maximum absolute atomic E-state index is 13.6. The lowest BCUT2D eigenvalue weighted by Gasteiger charge is -2.27. The van der Waals surface area contributed by atoms with E-state index in [9.17, 15) is 19.5 Å². The first-order valence-electron chi connectivity index (χ1n) is 35.8. The highest BCUT2D eigenvalue weighted by Gasteiger charge is 2.21. The molecule has 0 bridgehead atoms. The van der Waals surface area contributed by atoms with Gasteiger partial charge in [0.1, 0.15) is 0 Å². The van der Waals surface area contributed by atoms with Crippen LogP contribution in [0, 0.1) is 23.7 Å². The number of ether oxygens (including phenoxy) is 2. The fraction of sp³-hybridized carbons (Fsp3) is 0.931. The number of carbonyl (C=O) groups excluding carboxylic acids is 3. The molecule has 0 fully saturated rings. The Hall–Kier alpha value is -1.97. The van der Waals surface area contributed by atoms with Crippen LogP contribution in [-0.4, -0.2) is 98.4 Å². The van der Waals surface area contributed by atoms with Gasteiger partial charge in [-0.25, -0.2) is 0 Å². The first-order valence-corrected chi connectivity index (χ1v) is 35.8. The molecule has 0 aromatic heterocycles. The number of allylic oxidation sites excluding steroid dienone is 1. The van der Waals surface area contributed by atoms with Crippen LogP contribution in [0.15, 0.2) is 11.6 Å². The Morgan fingerprint density at radius 3 is 1.15 bits per heavy atom. The molecule has 9 nitrogen and oxygen atoms in total. The lowest BCUT2D eigenvalue weighted by atomic mass is 9.91. The zero-order valence-corrected chi connectivity index (χ0v) is 55.7. The van der Waals surface area contributed by atoms with Crippen LogP contribution < -0.4 is 5.32 Å². The van der Waals surface area contributed by atoms with Gasteiger partial charge in [0.05, 0.1) is 19.8 Å². The van der Waals surface area contributed by atoms with Crippen LogP contribution >= 0.6 is 0 Å². The molecule has 0 heterocycles. The van der Waals surface area contributed by atoms with Crippen molar-refractivity contribution in [2.24, 2.45) is 23.7 Å². The molecule has 0 saturated heterocycles. The maximum atomic E-state index is 13.6. The first-order chi connectivity index (χ1) is 39.5. The molecular weight excluding hydrogens is 1000 g/mol. The van der Waals surface area contributed by atoms with E-state index in [1.165, 1.54) is 211 Å². The zero-order chi connectivity index (χ0) is 59.5. The fourth-order valence-electron chi connectivity index (χ4n) is 11.8. The topological polar surface area (TPSA) is 108 Å². The van der Waals surface area contributed by atoms with Gasteiger partial charge in [-0.1, -0.05) is 259 Å². The van der Waals surface area contributed by atoms with E-state index < -0.39 is 0 Å². The van der Waals surface area contributed by atoms with Gasteiger partial charge in [0.25, 0.3) is 0 Å². The van der Waals surface area contributed by atoms with Crippen molar-refractivity contribution in [1.82, 2.24) is 15.1 Å². The number of esters is 2. The minimum absolute atomic E-state index is 0.0227.